The Hall–Kier alpha value is -1.53. The lowest BCUT2D eigenvalue weighted by Crippen LogP contribution is -2.19. The van der Waals surface area contributed by atoms with Crippen molar-refractivity contribution in [3.8, 4) is 6.07 Å². The maximum atomic E-state index is 8.66. The minimum Gasteiger partial charge on any atom is -0.385 e. The van der Waals surface area contributed by atoms with Gasteiger partial charge in [0.15, 0.2) is 0 Å². The van der Waals surface area contributed by atoms with E-state index in [0.717, 1.165) is 25.3 Å². The summed E-state index contributed by atoms with van der Waals surface area (Å²) in [7, 11) is 3.75. The van der Waals surface area contributed by atoms with Gasteiger partial charge in [0.2, 0.25) is 0 Å². The van der Waals surface area contributed by atoms with Crippen LogP contribution in [-0.4, -0.2) is 27.3 Å². The van der Waals surface area contributed by atoms with Crippen LogP contribution < -0.4 is 4.90 Å². The number of hydrogen-bond donors (Lipinski definition) is 0. The van der Waals surface area contributed by atoms with Gasteiger partial charge in [-0.25, -0.2) is 0 Å². The van der Waals surface area contributed by atoms with E-state index >= 15 is 0 Å². The van der Waals surface area contributed by atoms with E-state index in [-0.39, 0.29) is 0 Å². The highest BCUT2D eigenvalue weighted by Gasteiger charge is 1.99. The molecule has 1 aromatic carbocycles. The van der Waals surface area contributed by atoms with Crippen molar-refractivity contribution in [1.82, 2.24) is 0 Å². The first-order chi connectivity index (χ1) is 7.27. The molecule has 1 aromatic rings. The number of methoxy groups -OCH3 is 1. The molecule has 3 heteroatoms. The van der Waals surface area contributed by atoms with Crippen LogP contribution in [-0.2, 0) is 4.74 Å². The molecule has 0 amide bonds. The largest absolute Gasteiger partial charge is 0.385 e. The highest BCUT2D eigenvalue weighted by molar-refractivity contribution is 5.48. The summed E-state index contributed by atoms with van der Waals surface area (Å²) >= 11 is 0. The summed E-state index contributed by atoms with van der Waals surface area (Å²) in [6.07, 6.45) is 1.01. The van der Waals surface area contributed by atoms with Crippen LogP contribution in [0.5, 0.6) is 0 Å². The number of rotatable bonds is 5. The normalized spacial score (nSPS) is 9.67. The Morgan fingerprint density at radius 2 is 2.00 bits per heavy atom. The Bertz CT molecular complexity index is 326. The van der Waals surface area contributed by atoms with Crippen LogP contribution in [0.2, 0.25) is 0 Å². The summed E-state index contributed by atoms with van der Waals surface area (Å²) in [5, 5.41) is 8.66. The van der Waals surface area contributed by atoms with Crippen molar-refractivity contribution in [2.75, 3.05) is 32.2 Å². The van der Waals surface area contributed by atoms with Crippen LogP contribution in [0.3, 0.4) is 0 Å². The van der Waals surface area contributed by atoms with Crippen LogP contribution in [0.15, 0.2) is 24.3 Å². The number of ether oxygens (including phenoxy) is 1. The molecule has 0 bridgehead atoms. The minimum atomic E-state index is 0.698. The second-order valence-corrected chi connectivity index (χ2v) is 3.43. The Labute approximate surface area is 90.9 Å². The molecule has 3 nitrogen and oxygen atoms in total. The van der Waals surface area contributed by atoms with Gasteiger partial charge >= 0.3 is 0 Å². The average Bonchev–Trinajstić information content (AvgIpc) is 2.29. The van der Waals surface area contributed by atoms with E-state index in [2.05, 4.69) is 11.0 Å². The predicted molar refractivity (Wildman–Crippen MR) is 60.9 cm³/mol. The zero-order valence-corrected chi connectivity index (χ0v) is 9.23. The summed E-state index contributed by atoms with van der Waals surface area (Å²) < 4.78 is 4.99. The molecule has 15 heavy (non-hydrogen) atoms. The molecule has 0 spiro atoms. The summed E-state index contributed by atoms with van der Waals surface area (Å²) in [6, 6.07) is 9.71. The van der Waals surface area contributed by atoms with E-state index in [4.69, 9.17) is 10.00 Å². The Kier molecular flexibility index (Phi) is 4.65. The van der Waals surface area contributed by atoms with Crippen LogP contribution in [0.25, 0.3) is 0 Å². The predicted octanol–water partition coefficient (Wildman–Crippen LogP) is 2.03. The smallest absolute Gasteiger partial charge is 0.0991 e. The molecule has 0 aliphatic rings. The first-order valence-electron chi connectivity index (χ1n) is 4.98. The van der Waals surface area contributed by atoms with Crippen molar-refractivity contribution in [3.63, 3.8) is 0 Å². The second kappa shape index (κ2) is 6.05. The Morgan fingerprint density at radius 1 is 1.33 bits per heavy atom. The maximum Gasteiger partial charge on any atom is 0.0991 e. The molecule has 0 fully saturated rings. The minimum absolute atomic E-state index is 0.698. The van der Waals surface area contributed by atoms with Crippen LogP contribution in [0.4, 0.5) is 5.69 Å². The molecule has 0 radical (unpaired) electrons. The molecule has 80 valence electrons. The van der Waals surface area contributed by atoms with E-state index in [1.54, 1.807) is 7.11 Å². The summed E-state index contributed by atoms with van der Waals surface area (Å²) in [5.74, 6) is 0. The molecule has 0 heterocycles. The van der Waals surface area contributed by atoms with Crippen molar-refractivity contribution in [3.05, 3.63) is 29.8 Å². The Morgan fingerprint density at radius 3 is 2.53 bits per heavy atom. The summed E-state index contributed by atoms with van der Waals surface area (Å²) in [4.78, 5) is 2.15. The quantitative estimate of drug-likeness (QED) is 0.688. The average molecular weight is 204 g/mol. The van der Waals surface area contributed by atoms with Crippen molar-refractivity contribution in [1.29, 1.82) is 5.26 Å². The second-order valence-electron chi connectivity index (χ2n) is 3.43. The third-order valence-electron chi connectivity index (χ3n) is 2.28. The van der Waals surface area contributed by atoms with Gasteiger partial charge in [0, 0.05) is 33.0 Å². The van der Waals surface area contributed by atoms with Gasteiger partial charge in [-0.05, 0) is 30.7 Å². The number of nitriles is 1. The van der Waals surface area contributed by atoms with Crippen molar-refractivity contribution in [2.45, 2.75) is 6.42 Å². The van der Waals surface area contributed by atoms with Gasteiger partial charge in [0.05, 0.1) is 11.6 Å². The Balaban J connectivity index is 2.51. The fourth-order valence-corrected chi connectivity index (χ4v) is 1.37. The van der Waals surface area contributed by atoms with Crippen LogP contribution in [0.1, 0.15) is 12.0 Å². The van der Waals surface area contributed by atoms with Gasteiger partial charge < -0.3 is 9.64 Å². The number of nitrogens with zero attached hydrogens (tertiary/aromatic N) is 2. The first kappa shape index (κ1) is 11.5. The van der Waals surface area contributed by atoms with Crippen molar-refractivity contribution < 1.29 is 4.74 Å². The molecule has 0 saturated heterocycles. The lowest BCUT2D eigenvalue weighted by atomic mass is 10.2. The third-order valence-corrected chi connectivity index (χ3v) is 2.28. The molecule has 0 aliphatic heterocycles. The lowest BCUT2D eigenvalue weighted by molar-refractivity contribution is 0.196. The van der Waals surface area contributed by atoms with Gasteiger partial charge in [-0.2, -0.15) is 5.26 Å². The highest BCUT2D eigenvalue weighted by Crippen LogP contribution is 2.13. The number of hydrogen-bond acceptors (Lipinski definition) is 3. The summed E-state index contributed by atoms with van der Waals surface area (Å²) in [5.41, 5.74) is 1.83. The molecule has 0 unspecified atom stereocenters. The molecule has 0 saturated carbocycles. The first-order valence-corrected chi connectivity index (χ1v) is 4.98. The van der Waals surface area contributed by atoms with Crippen LogP contribution >= 0.6 is 0 Å². The molecular weight excluding hydrogens is 188 g/mol. The molecule has 0 N–H and O–H groups in total. The summed E-state index contributed by atoms with van der Waals surface area (Å²) in [6.45, 7) is 1.74. The zero-order valence-electron chi connectivity index (χ0n) is 9.23. The fraction of sp³-hybridized carbons (Fsp3) is 0.417. The van der Waals surface area contributed by atoms with Gasteiger partial charge in [-0.15, -0.1) is 0 Å². The third kappa shape index (κ3) is 3.61. The maximum absolute atomic E-state index is 8.66. The van der Waals surface area contributed by atoms with Gasteiger partial charge in [0.25, 0.3) is 0 Å². The lowest BCUT2D eigenvalue weighted by Gasteiger charge is -2.18. The van der Waals surface area contributed by atoms with E-state index in [9.17, 15) is 0 Å². The van der Waals surface area contributed by atoms with Gasteiger partial charge in [0.1, 0.15) is 0 Å². The molecule has 0 aliphatic carbocycles. The van der Waals surface area contributed by atoms with E-state index in [0.29, 0.717) is 5.56 Å². The monoisotopic (exact) mass is 204 g/mol. The van der Waals surface area contributed by atoms with E-state index < -0.39 is 0 Å². The molecule has 0 atom stereocenters. The fourth-order valence-electron chi connectivity index (χ4n) is 1.37. The molecular formula is C12H16N2O. The molecule has 0 aromatic heterocycles. The highest BCUT2D eigenvalue weighted by atomic mass is 16.5. The standard InChI is InChI=1S/C12H16N2O/c1-14(8-3-9-15-2)12-6-4-11(10-13)5-7-12/h4-7H,3,8-9H2,1-2H3. The molecule has 1 rings (SSSR count). The zero-order chi connectivity index (χ0) is 11.1. The van der Waals surface area contributed by atoms with Crippen molar-refractivity contribution in [2.24, 2.45) is 0 Å². The topological polar surface area (TPSA) is 36.3 Å². The number of anilines is 1. The van der Waals surface area contributed by atoms with Crippen LogP contribution in [0, 0.1) is 11.3 Å². The van der Waals surface area contributed by atoms with Crippen molar-refractivity contribution >= 4 is 5.69 Å². The van der Waals surface area contributed by atoms with Gasteiger partial charge in [-0.3, -0.25) is 0 Å². The SMILES string of the molecule is COCCCN(C)c1ccc(C#N)cc1. The van der Waals surface area contributed by atoms with Gasteiger partial charge in [-0.1, -0.05) is 0 Å². The number of benzene rings is 1. The van der Waals surface area contributed by atoms with E-state index in [1.165, 1.54) is 0 Å². The van der Waals surface area contributed by atoms with E-state index in [1.807, 2.05) is 31.3 Å².